The molecule has 0 radical (unpaired) electrons. The Labute approximate surface area is 102 Å². The molecule has 1 aliphatic heterocycles. The molecule has 0 bridgehead atoms. The van der Waals surface area contributed by atoms with Crippen LogP contribution in [-0.2, 0) is 0 Å². The third-order valence-corrected chi connectivity index (χ3v) is 3.50. The van der Waals surface area contributed by atoms with Crippen LogP contribution in [0.3, 0.4) is 0 Å². The molecule has 2 unspecified atom stereocenters. The molecule has 18 heavy (non-hydrogen) atoms. The van der Waals surface area contributed by atoms with Crippen LogP contribution in [0.25, 0.3) is 11.4 Å². The van der Waals surface area contributed by atoms with E-state index in [9.17, 15) is 4.39 Å². The fourth-order valence-electron chi connectivity index (χ4n) is 2.71. The Bertz CT molecular complexity index is 686. The highest BCUT2D eigenvalue weighted by Gasteiger charge is 2.34. The van der Waals surface area contributed by atoms with Gasteiger partial charge in [-0.15, -0.1) is 5.10 Å². The van der Waals surface area contributed by atoms with Gasteiger partial charge in [-0.2, -0.15) is 0 Å². The summed E-state index contributed by atoms with van der Waals surface area (Å²) in [5.74, 6) is 0.497. The van der Waals surface area contributed by atoms with Crippen molar-refractivity contribution in [2.45, 2.75) is 12.0 Å². The summed E-state index contributed by atoms with van der Waals surface area (Å²) in [4.78, 5) is 0. The molecule has 2 heterocycles. The van der Waals surface area contributed by atoms with E-state index in [0.29, 0.717) is 0 Å². The summed E-state index contributed by atoms with van der Waals surface area (Å²) < 4.78 is 15.2. The molecule has 0 saturated heterocycles. The van der Waals surface area contributed by atoms with Crippen molar-refractivity contribution in [3.63, 3.8) is 0 Å². The molecule has 0 saturated carbocycles. The topological polar surface area (TPSA) is 43.6 Å². The number of allylic oxidation sites excluding steroid dienone is 4. The third-order valence-electron chi connectivity index (χ3n) is 3.50. The number of fused-ring (bicyclic) bond motifs is 6. The maximum Gasteiger partial charge on any atom is 0.182 e. The molecule has 0 fully saturated rings. The van der Waals surface area contributed by atoms with Crippen LogP contribution in [-0.4, -0.2) is 20.2 Å². The van der Waals surface area contributed by atoms with Crippen molar-refractivity contribution < 1.29 is 4.39 Å². The molecule has 0 amide bonds. The smallest absolute Gasteiger partial charge is 0.182 e. The van der Waals surface area contributed by atoms with Crippen LogP contribution < -0.4 is 0 Å². The van der Waals surface area contributed by atoms with E-state index >= 15 is 0 Å². The zero-order valence-corrected chi connectivity index (χ0v) is 9.36. The first-order chi connectivity index (χ1) is 8.84. The van der Waals surface area contributed by atoms with Crippen LogP contribution in [0.15, 0.2) is 48.3 Å². The van der Waals surface area contributed by atoms with Gasteiger partial charge < -0.3 is 0 Å². The van der Waals surface area contributed by atoms with Gasteiger partial charge in [-0.25, -0.2) is 9.07 Å². The molecule has 0 spiro atoms. The Morgan fingerprint density at radius 1 is 1.22 bits per heavy atom. The van der Waals surface area contributed by atoms with Gasteiger partial charge in [-0.05, 0) is 28.1 Å². The second kappa shape index (κ2) is 3.35. The monoisotopic (exact) mass is 240 g/mol. The summed E-state index contributed by atoms with van der Waals surface area (Å²) in [6.45, 7) is 0. The fourth-order valence-corrected chi connectivity index (χ4v) is 2.71. The van der Waals surface area contributed by atoms with E-state index in [-0.39, 0.29) is 17.8 Å². The standard InChI is InChI=1S/C13H9FN4/c14-8-5-6-12-11(7-8)9-3-1-2-4-10(9)13-15-16-17-18(12)13/h1-7,11-12H. The zero-order valence-electron chi connectivity index (χ0n) is 9.36. The summed E-state index contributed by atoms with van der Waals surface area (Å²) in [5.41, 5.74) is 2.05. The summed E-state index contributed by atoms with van der Waals surface area (Å²) in [6.07, 6.45) is 4.92. The van der Waals surface area contributed by atoms with Crippen molar-refractivity contribution in [2.75, 3.05) is 0 Å². The lowest BCUT2D eigenvalue weighted by Crippen LogP contribution is -2.24. The number of halogens is 1. The van der Waals surface area contributed by atoms with E-state index in [1.807, 2.05) is 30.3 Å². The minimum Gasteiger partial charge on any atom is -0.217 e. The van der Waals surface area contributed by atoms with Crippen molar-refractivity contribution in [2.24, 2.45) is 0 Å². The molecular weight excluding hydrogens is 231 g/mol. The summed E-state index contributed by atoms with van der Waals surface area (Å²) in [6, 6.07) is 7.84. The number of benzene rings is 1. The molecule has 0 N–H and O–H groups in total. The first kappa shape index (κ1) is 9.70. The molecule has 2 aromatic rings. The molecule has 1 aromatic heterocycles. The quantitative estimate of drug-likeness (QED) is 0.710. The second-order valence-electron chi connectivity index (χ2n) is 4.46. The van der Waals surface area contributed by atoms with Crippen LogP contribution in [0.2, 0.25) is 0 Å². The molecule has 2 atom stereocenters. The van der Waals surface area contributed by atoms with Gasteiger partial charge in [0.1, 0.15) is 5.83 Å². The van der Waals surface area contributed by atoms with E-state index in [4.69, 9.17) is 0 Å². The van der Waals surface area contributed by atoms with Crippen molar-refractivity contribution in [3.05, 3.63) is 53.9 Å². The lowest BCUT2D eigenvalue weighted by molar-refractivity contribution is 0.461. The SMILES string of the molecule is FC1=CC2c3ccccc3-c3nnnn3C2C=C1. The molecule has 5 heteroatoms. The van der Waals surface area contributed by atoms with Crippen LogP contribution in [0.5, 0.6) is 0 Å². The Kier molecular flexibility index (Phi) is 1.81. The number of hydrogen-bond donors (Lipinski definition) is 0. The van der Waals surface area contributed by atoms with Crippen LogP contribution in [0.4, 0.5) is 4.39 Å². The molecule has 1 aromatic carbocycles. The predicted octanol–water partition coefficient (Wildman–Crippen LogP) is 2.40. The van der Waals surface area contributed by atoms with E-state index in [1.165, 1.54) is 6.08 Å². The van der Waals surface area contributed by atoms with Gasteiger partial charge in [0.05, 0.1) is 6.04 Å². The molecule has 88 valence electrons. The Morgan fingerprint density at radius 2 is 2.11 bits per heavy atom. The number of nitrogens with zero attached hydrogens (tertiary/aromatic N) is 4. The Morgan fingerprint density at radius 3 is 3.06 bits per heavy atom. The maximum absolute atomic E-state index is 13.5. The lowest BCUT2D eigenvalue weighted by Gasteiger charge is -2.31. The van der Waals surface area contributed by atoms with Crippen LogP contribution in [0.1, 0.15) is 17.5 Å². The highest BCUT2D eigenvalue weighted by Crippen LogP contribution is 2.44. The summed E-state index contributed by atoms with van der Waals surface area (Å²) >= 11 is 0. The van der Waals surface area contributed by atoms with Crippen molar-refractivity contribution >= 4 is 0 Å². The number of rotatable bonds is 0. The molecule has 1 aliphatic carbocycles. The average Bonchev–Trinajstić information content (AvgIpc) is 2.88. The van der Waals surface area contributed by atoms with Gasteiger partial charge in [0.25, 0.3) is 0 Å². The predicted molar refractivity (Wildman–Crippen MR) is 63.4 cm³/mol. The van der Waals surface area contributed by atoms with Gasteiger partial charge in [0.2, 0.25) is 0 Å². The minimum atomic E-state index is -0.206. The van der Waals surface area contributed by atoms with Gasteiger partial charge in [0.15, 0.2) is 5.82 Å². The van der Waals surface area contributed by atoms with Crippen LogP contribution >= 0.6 is 0 Å². The maximum atomic E-state index is 13.5. The highest BCUT2D eigenvalue weighted by atomic mass is 19.1. The molecule has 4 rings (SSSR count). The van der Waals surface area contributed by atoms with E-state index in [1.54, 1.807) is 10.8 Å². The number of hydrogen-bond acceptors (Lipinski definition) is 3. The number of tetrazole rings is 1. The van der Waals surface area contributed by atoms with Crippen molar-refractivity contribution in [1.29, 1.82) is 0 Å². The normalized spacial score (nSPS) is 23.9. The average molecular weight is 240 g/mol. The van der Waals surface area contributed by atoms with Gasteiger partial charge in [-0.1, -0.05) is 30.3 Å². The first-order valence-electron chi connectivity index (χ1n) is 5.77. The number of aromatic nitrogens is 4. The minimum absolute atomic E-state index is 0.0376. The highest BCUT2D eigenvalue weighted by molar-refractivity contribution is 5.65. The Hall–Kier alpha value is -2.30. The fraction of sp³-hybridized carbons (Fsp3) is 0.154. The van der Waals surface area contributed by atoms with Gasteiger partial charge in [0, 0.05) is 11.5 Å². The van der Waals surface area contributed by atoms with E-state index in [2.05, 4.69) is 15.5 Å². The first-order valence-corrected chi connectivity index (χ1v) is 5.77. The molecule has 4 nitrogen and oxygen atoms in total. The molecule has 2 aliphatic rings. The van der Waals surface area contributed by atoms with Crippen molar-refractivity contribution in [1.82, 2.24) is 20.2 Å². The summed E-state index contributed by atoms with van der Waals surface area (Å²) in [5, 5.41) is 11.8. The van der Waals surface area contributed by atoms with Gasteiger partial charge >= 0.3 is 0 Å². The zero-order chi connectivity index (χ0) is 12.1. The van der Waals surface area contributed by atoms with Gasteiger partial charge in [-0.3, -0.25) is 0 Å². The summed E-state index contributed by atoms with van der Waals surface area (Å²) in [7, 11) is 0. The van der Waals surface area contributed by atoms with Crippen LogP contribution in [0, 0.1) is 0 Å². The largest absolute Gasteiger partial charge is 0.217 e. The lowest BCUT2D eigenvalue weighted by atomic mass is 9.82. The van der Waals surface area contributed by atoms with Crippen molar-refractivity contribution in [3.8, 4) is 11.4 Å². The Balaban J connectivity index is 2.02. The third kappa shape index (κ3) is 1.16. The second-order valence-corrected chi connectivity index (χ2v) is 4.46. The molecular formula is C13H9FN4. The van der Waals surface area contributed by atoms with E-state index in [0.717, 1.165) is 17.0 Å². The van der Waals surface area contributed by atoms with E-state index < -0.39 is 0 Å².